The zero-order valence-electron chi connectivity index (χ0n) is 16.0. The van der Waals surface area contributed by atoms with Crippen molar-refractivity contribution in [3.05, 3.63) is 29.3 Å². The summed E-state index contributed by atoms with van der Waals surface area (Å²) in [4.78, 5) is 6.32. The number of hydrogen-bond donors (Lipinski definition) is 0. The fraction of sp³-hybridized carbons (Fsp3) is 0.632. The Hall–Kier alpha value is -1.92. The normalized spacial score (nSPS) is 12.2. The molecule has 0 saturated heterocycles. The zero-order chi connectivity index (χ0) is 19.6. The van der Waals surface area contributed by atoms with Crippen molar-refractivity contribution in [2.24, 2.45) is 5.16 Å². The molecule has 0 fully saturated rings. The van der Waals surface area contributed by atoms with Gasteiger partial charge in [0.1, 0.15) is 12.9 Å². The topological polar surface area (TPSA) is 34.1 Å². The minimum absolute atomic E-state index is 0.148. The van der Waals surface area contributed by atoms with Crippen LogP contribution in [0.4, 0.5) is 13.2 Å². The van der Waals surface area contributed by atoms with E-state index in [4.69, 9.17) is 9.57 Å². The van der Waals surface area contributed by atoms with Crippen molar-refractivity contribution in [3.63, 3.8) is 0 Å². The quantitative estimate of drug-likeness (QED) is 0.241. The van der Waals surface area contributed by atoms with Crippen molar-refractivity contribution < 1.29 is 22.7 Å². The molecule has 1 aromatic carbocycles. The van der Waals surface area contributed by atoms with Crippen LogP contribution in [0.1, 0.15) is 56.6 Å². The van der Waals surface area contributed by atoms with Crippen LogP contribution in [0, 0.1) is 0 Å². The van der Waals surface area contributed by atoms with Crippen LogP contribution in [-0.2, 0) is 11.0 Å². The fourth-order valence-corrected chi connectivity index (χ4v) is 2.56. The Balaban J connectivity index is 2.85. The molecule has 148 valence electrons. The molecule has 0 aliphatic carbocycles. The molecule has 0 heterocycles. The van der Waals surface area contributed by atoms with Crippen LogP contribution in [0.3, 0.4) is 0 Å². The van der Waals surface area contributed by atoms with Gasteiger partial charge in [-0.15, -0.1) is 0 Å². The van der Waals surface area contributed by atoms with E-state index in [9.17, 15) is 13.2 Å². The van der Waals surface area contributed by atoms with Crippen molar-refractivity contribution in [3.8, 4) is 5.75 Å². The summed E-state index contributed by atoms with van der Waals surface area (Å²) in [5.74, 6) is 0.158. The molecular formula is C19H29F3N2O2. The summed E-state index contributed by atoms with van der Waals surface area (Å²) in [5.41, 5.74) is -0.484. The molecule has 0 aromatic heterocycles. The summed E-state index contributed by atoms with van der Waals surface area (Å²) in [7, 11) is 4.73. The monoisotopic (exact) mass is 374 g/mol. The Morgan fingerprint density at radius 3 is 2.31 bits per heavy atom. The molecule has 4 nitrogen and oxygen atoms in total. The average Bonchev–Trinajstić information content (AvgIpc) is 2.58. The largest absolute Gasteiger partial charge is 0.493 e. The number of amidine groups is 1. The van der Waals surface area contributed by atoms with Crippen molar-refractivity contribution in [1.82, 2.24) is 4.90 Å². The summed E-state index contributed by atoms with van der Waals surface area (Å²) in [6.45, 7) is 2.42. The Labute approximate surface area is 154 Å². The van der Waals surface area contributed by atoms with Crippen molar-refractivity contribution in [1.29, 1.82) is 0 Å². The molecule has 0 unspecified atom stereocenters. The Morgan fingerprint density at radius 2 is 1.73 bits per heavy atom. The number of alkyl halides is 3. The van der Waals surface area contributed by atoms with Gasteiger partial charge in [-0.25, -0.2) is 0 Å². The summed E-state index contributed by atoms with van der Waals surface area (Å²) >= 11 is 0. The lowest BCUT2D eigenvalue weighted by molar-refractivity contribution is -0.139. The van der Waals surface area contributed by atoms with E-state index in [1.54, 1.807) is 25.1 Å². The SMILES string of the molecule is CCCCCCCCOc1ccc(/C(=N/OC)N(C)C)cc1C(F)(F)F. The van der Waals surface area contributed by atoms with Crippen LogP contribution in [-0.4, -0.2) is 38.5 Å². The highest BCUT2D eigenvalue weighted by Gasteiger charge is 2.35. The molecule has 0 amide bonds. The number of rotatable bonds is 10. The van der Waals surface area contributed by atoms with Gasteiger partial charge in [-0.1, -0.05) is 44.2 Å². The lowest BCUT2D eigenvalue weighted by atomic mass is 10.1. The van der Waals surface area contributed by atoms with Gasteiger partial charge in [0.25, 0.3) is 0 Å². The molecule has 26 heavy (non-hydrogen) atoms. The second kappa shape index (κ2) is 10.9. The number of unbranched alkanes of at least 4 members (excludes halogenated alkanes) is 5. The maximum Gasteiger partial charge on any atom is 0.419 e. The minimum Gasteiger partial charge on any atom is -0.493 e. The minimum atomic E-state index is -4.50. The van der Waals surface area contributed by atoms with Gasteiger partial charge in [-0.05, 0) is 24.6 Å². The van der Waals surface area contributed by atoms with Crippen LogP contribution in [0.15, 0.2) is 23.4 Å². The maximum atomic E-state index is 13.4. The number of ether oxygens (including phenoxy) is 1. The number of halogens is 3. The highest BCUT2D eigenvalue weighted by atomic mass is 19.4. The van der Waals surface area contributed by atoms with Gasteiger partial charge >= 0.3 is 6.18 Å². The maximum absolute atomic E-state index is 13.4. The highest BCUT2D eigenvalue weighted by molar-refractivity contribution is 5.98. The smallest absolute Gasteiger partial charge is 0.419 e. The molecule has 7 heteroatoms. The molecule has 0 radical (unpaired) electrons. The standard InChI is InChI=1S/C19H29F3N2O2/c1-5-6-7-8-9-10-13-26-17-12-11-15(14-16(17)19(20,21)22)18(23-25-4)24(2)3/h11-12,14H,5-10,13H2,1-4H3/b23-18-. The fourth-order valence-electron chi connectivity index (χ4n) is 2.56. The summed E-state index contributed by atoms with van der Waals surface area (Å²) < 4.78 is 45.7. The van der Waals surface area contributed by atoms with Crippen LogP contribution < -0.4 is 4.74 Å². The van der Waals surface area contributed by atoms with Crippen LogP contribution in [0.2, 0.25) is 0 Å². The van der Waals surface area contributed by atoms with Crippen molar-refractivity contribution >= 4 is 5.84 Å². The predicted molar refractivity (Wildman–Crippen MR) is 97.5 cm³/mol. The van der Waals surface area contributed by atoms with Crippen LogP contribution in [0.5, 0.6) is 5.75 Å². The first-order valence-electron chi connectivity index (χ1n) is 8.94. The summed E-state index contributed by atoms with van der Waals surface area (Å²) in [6.07, 6.45) is 1.81. The number of nitrogens with zero attached hydrogens (tertiary/aromatic N) is 2. The molecule has 0 bridgehead atoms. The summed E-state index contributed by atoms with van der Waals surface area (Å²) in [6, 6.07) is 3.96. The third-order valence-electron chi connectivity index (χ3n) is 3.90. The van der Waals surface area contributed by atoms with Gasteiger partial charge in [0.05, 0.1) is 12.2 Å². The first-order chi connectivity index (χ1) is 12.3. The Kier molecular flexibility index (Phi) is 9.30. The third-order valence-corrected chi connectivity index (χ3v) is 3.90. The van der Waals surface area contributed by atoms with Gasteiger partial charge in [0, 0.05) is 19.7 Å². The van der Waals surface area contributed by atoms with E-state index in [2.05, 4.69) is 12.1 Å². The van der Waals surface area contributed by atoms with Crippen molar-refractivity contribution in [2.75, 3.05) is 27.8 Å². The first-order valence-corrected chi connectivity index (χ1v) is 8.94. The van der Waals surface area contributed by atoms with E-state index in [-0.39, 0.29) is 12.4 Å². The predicted octanol–water partition coefficient (Wildman–Crippen LogP) is 5.31. The highest BCUT2D eigenvalue weighted by Crippen LogP contribution is 2.37. The molecule has 0 aliphatic rings. The van der Waals surface area contributed by atoms with Gasteiger partial charge in [-0.2, -0.15) is 13.2 Å². The third kappa shape index (κ3) is 7.14. The molecule has 1 rings (SSSR count). The van der Waals surface area contributed by atoms with E-state index in [1.165, 1.54) is 26.0 Å². The molecular weight excluding hydrogens is 345 g/mol. The molecule has 0 N–H and O–H groups in total. The number of oxime groups is 1. The van der Waals surface area contributed by atoms with E-state index >= 15 is 0 Å². The molecule has 0 spiro atoms. The van der Waals surface area contributed by atoms with Gasteiger partial charge in [0.15, 0.2) is 5.84 Å². The lowest BCUT2D eigenvalue weighted by Gasteiger charge is -2.18. The number of hydrogen-bond acceptors (Lipinski definition) is 3. The Bertz CT molecular complexity index is 572. The van der Waals surface area contributed by atoms with E-state index < -0.39 is 11.7 Å². The molecule has 0 saturated carbocycles. The molecule has 1 aromatic rings. The van der Waals surface area contributed by atoms with Gasteiger partial charge in [-0.3, -0.25) is 0 Å². The number of benzene rings is 1. The second-order valence-electron chi connectivity index (χ2n) is 6.32. The van der Waals surface area contributed by atoms with E-state index in [0.717, 1.165) is 31.7 Å². The van der Waals surface area contributed by atoms with Crippen LogP contribution >= 0.6 is 0 Å². The van der Waals surface area contributed by atoms with E-state index in [1.807, 2.05) is 0 Å². The second-order valence-corrected chi connectivity index (χ2v) is 6.32. The summed E-state index contributed by atoms with van der Waals surface area (Å²) in [5, 5.41) is 3.79. The van der Waals surface area contributed by atoms with Gasteiger partial charge < -0.3 is 14.5 Å². The average molecular weight is 374 g/mol. The lowest BCUT2D eigenvalue weighted by Crippen LogP contribution is -2.24. The first kappa shape index (κ1) is 22.1. The molecule has 0 atom stereocenters. The van der Waals surface area contributed by atoms with Gasteiger partial charge in [0.2, 0.25) is 0 Å². The molecule has 0 aliphatic heterocycles. The Morgan fingerprint density at radius 1 is 1.08 bits per heavy atom. The van der Waals surface area contributed by atoms with Crippen molar-refractivity contribution in [2.45, 2.75) is 51.6 Å². The van der Waals surface area contributed by atoms with Crippen LogP contribution in [0.25, 0.3) is 0 Å². The van der Waals surface area contributed by atoms with E-state index in [0.29, 0.717) is 11.4 Å². The zero-order valence-corrected chi connectivity index (χ0v) is 16.0.